The molecular formula is C13H27BrO6. The highest BCUT2D eigenvalue weighted by atomic mass is 79.9. The van der Waals surface area contributed by atoms with Gasteiger partial charge in [-0.25, -0.2) is 0 Å². The normalized spacial score (nSPS) is 14.4. The second kappa shape index (κ2) is 14.2. The van der Waals surface area contributed by atoms with Crippen molar-refractivity contribution in [3.05, 3.63) is 0 Å². The predicted octanol–water partition coefficient (Wildman–Crippen LogP) is 0.581. The van der Waals surface area contributed by atoms with E-state index in [0.29, 0.717) is 58.0 Å². The molecule has 0 saturated heterocycles. The van der Waals surface area contributed by atoms with Crippen LogP contribution in [-0.2, 0) is 18.9 Å². The minimum Gasteiger partial charge on any atom is -0.396 e. The van der Waals surface area contributed by atoms with Gasteiger partial charge in [0.05, 0.1) is 51.8 Å². The van der Waals surface area contributed by atoms with E-state index in [2.05, 4.69) is 15.9 Å². The fourth-order valence-corrected chi connectivity index (χ4v) is 1.63. The van der Waals surface area contributed by atoms with Crippen LogP contribution in [0.4, 0.5) is 0 Å². The van der Waals surface area contributed by atoms with Gasteiger partial charge in [-0.1, -0.05) is 15.9 Å². The number of alkyl halides is 1. The molecule has 0 spiro atoms. The molecule has 0 aliphatic heterocycles. The van der Waals surface area contributed by atoms with Gasteiger partial charge in [0.15, 0.2) is 0 Å². The van der Waals surface area contributed by atoms with E-state index in [4.69, 9.17) is 29.2 Å². The van der Waals surface area contributed by atoms with Crippen molar-refractivity contribution in [2.24, 2.45) is 0 Å². The Balaban J connectivity index is 3.51. The first-order valence-electron chi connectivity index (χ1n) is 6.83. The van der Waals surface area contributed by atoms with E-state index in [1.807, 2.05) is 6.92 Å². The molecule has 0 aliphatic rings. The molecule has 0 fully saturated rings. The SMILES string of the molecule is CC(CBr)(COCCCO)OCCOCCOCCO. The maximum absolute atomic E-state index is 8.67. The van der Waals surface area contributed by atoms with Crippen LogP contribution in [0, 0.1) is 0 Å². The van der Waals surface area contributed by atoms with Crippen LogP contribution < -0.4 is 0 Å². The summed E-state index contributed by atoms with van der Waals surface area (Å²) in [7, 11) is 0. The zero-order valence-electron chi connectivity index (χ0n) is 12.2. The molecule has 0 saturated carbocycles. The molecule has 20 heavy (non-hydrogen) atoms. The lowest BCUT2D eigenvalue weighted by Gasteiger charge is -2.27. The predicted molar refractivity (Wildman–Crippen MR) is 79.4 cm³/mol. The Labute approximate surface area is 129 Å². The van der Waals surface area contributed by atoms with Crippen molar-refractivity contribution in [1.82, 2.24) is 0 Å². The first-order valence-corrected chi connectivity index (χ1v) is 7.95. The minimum absolute atomic E-state index is 0.0308. The second-order valence-electron chi connectivity index (χ2n) is 4.51. The van der Waals surface area contributed by atoms with E-state index in [-0.39, 0.29) is 13.2 Å². The molecule has 122 valence electrons. The van der Waals surface area contributed by atoms with Crippen molar-refractivity contribution in [3.63, 3.8) is 0 Å². The highest BCUT2D eigenvalue weighted by Gasteiger charge is 2.23. The maximum Gasteiger partial charge on any atom is 0.0984 e. The van der Waals surface area contributed by atoms with Gasteiger partial charge in [-0.15, -0.1) is 0 Å². The van der Waals surface area contributed by atoms with Crippen LogP contribution in [0.5, 0.6) is 0 Å². The van der Waals surface area contributed by atoms with E-state index in [9.17, 15) is 0 Å². The maximum atomic E-state index is 8.67. The van der Waals surface area contributed by atoms with Gasteiger partial charge in [0.1, 0.15) is 0 Å². The Morgan fingerprint density at radius 3 is 2.10 bits per heavy atom. The molecule has 6 nitrogen and oxygen atoms in total. The van der Waals surface area contributed by atoms with E-state index in [0.717, 1.165) is 0 Å². The summed E-state index contributed by atoms with van der Waals surface area (Å²) >= 11 is 3.41. The lowest BCUT2D eigenvalue weighted by molar-refractivity contribution is -0.0895. The monoisotopic (exact) mass is 358 g/mol. The summed E-state index contributed by atoms with van der Waals surface area (Å²) < 4.78 is 21.6. The van der Waals surface area contributed by atoms with Gasteiger partial charge in [0.25, 0.3) is 0 Å². The Morgan fingerprint density at radius 2 is 1.50 bits per heavy atom. The summed E-state index contributed by atoms with van der Waals surface area (Å²) in [5.41, 5.74) is -0.397. The summed E-state index contributed by atoms with van der Waals surface area (Å²) in [4.78, 5) is 0. The summed E-state index contributed by atoms with van der Waals surface area (Å²) in [5.74, 6) is 0. The highest BCUT2D eigenvalue weighted by molar-refractivity contribution is 9.09. The number of aliphatic hydroxyl groups excluding tert-OH is 2. The number of aliphatic hydroxyl groups is 2. The van der Waals surface area contributed by atoms with Crippen molar-refractivity contribution in [2.75, 3.05) is 64.8 Å². The third kappa shape index (κ3) is 12.0. The molecule has 0 aromatic rings. The van der Waals surface area contributed by atoms with E-state index in [1.54, 1.807) is 0 Å². The summed E-state index contributed by atoms with van der Waals surface area (Å²) in [6.07, 6.45) is 0.634. The fraction of sp³-hybridized carbons (Fsp3) is 1.00. The molecule has 0 radical (unpaired) electrons. The Morgan fingerprint density at radius 1 is 0.850 bits per heavy atom. The van der Waals surface area contributed by atoms with Crippen molar-refractivity contribution in [3.8, 4) is 0 Å². The van der Waals surface area contributed by atoms with Crippen LogP contribution in [0.15, 0.2) is 0 Å². The molecule has 2 N–H and O–H groups in total. The summed E-state index contributed by atoms with van der Waals surface area (Å²) in [5, 5.41) is 17.8. The Bertz CT molecular complexity index is 207. The van der Waals surface area contributed by atoms with Crippen LogP contribution in [-0.4, -0.2) is 80.6 Å². The number of rotatable bonds is 15. The molecule has 0 heterocycles. The minimum atomic E-state index is -0.397. The number of hydrogen-bond acceptors (Lipinski definition) is 6. The largest absolute Gasteiger partial charge is 0.396 e. The molecule has 0 amide bonds. The van der Waals surface area contributed by atoms with Crippen LogP contribution >= 0.6 is 15.9 Å². The van der Waals surface area contributed by atoms with Gasteiger partial charge >= 0.3 is 0 Å². The number of ether oxygens (including phenoxy) is 4. The van der Waals surface area contributed by atoms with Crippen molar-refractivity contribution >= 4 is 15.9 Å². The lowest BCUT2D eigenvalue weighted by atomic mass is 10.1. The zero-order chi connectivity index (χ0) is 15.1. The third-order valence-corrected chi connectivity index (χ3v) is 3.61. The fourth-order valence-electron chi connectivity index (χ4n) is 1.31. The van der Waals surface area contributed by atoms with Gasteiger partial charge < -0.3 is 29.2 Å². The first kappa shape index (κ1) is 20.2. The van der Waals surface area contributed by atoms with Crippen LogP contribution in [0.2, 0.25) is 0 Å². The van der Waals surface area contributed by atoms with Gasteiger partial charge in [0.2, 0.25) is 0 Å². The second-order valence-corrected chi connectivity index (χ2v) is 5.07. The molecule has 0 aromatic heterocycles. The number of halogens is 1. The van der Waals surface area contributed by atoms with Crippen molar-refractivity contribution < 1.29 is 29.2 Å². The molecule has 1 atom stereocenters. The number of hydrogen-bond donors (Lipinski definition) is 2. The summed E-state index contributed by atoms with van der Waals surface area (Å²) in [6.45, 7) is 5.40. The van der Waals surface area contributed by atoms with Gasteiger partial charge in [-0.05, 0) is 13.3 Å². The van der Waals surface area contributed by atoms with E-state index >= 15 is 0 Å². The Kier molecular flexibility index (Phi) is 14.4. The van der Waals surface area contributed by atoms with Crippen molar-refractivity contribution in [2.45, 2.75) is 18.9 Å². The topological polar surface area (TPSA) is 77.4 Å². The molecule has 0 aromatic carbocycles. The smallest absolute Gasteiger partial charge is 0.0984 e. The first-order chi connectivity index (χ1) is 9.68. The van der Waals surface area contributed by atoms with E-state index < -0.39 is 5.60 Å². The van der Waals surface area contributed by atoms with E-state index in [1.165, 1.54) is 0 Å². The highest BCUT2D eigenvalue weighted by Crippen LogP contribution is 2.14. The van der Waals surface area contributed by atoms with Gasteiger partial charge in [-0.2, -0.15) is 0 Å². The average Bonchev–Trinajstić information content (AvgIpc) is 2.46. The quantitative estimate of drug-likeness (QED) is 0.329. The van der Waals surface area contributed by atoms with Crippen LogP contribution in [0.1, 0.15) is 13.3 Å². The van der Waals surface area contributed by atoms with Crippen LogP contribution in [0.25, 0.3) is 0 Å². The molecule has 7 heteroatoms. The zero-order valence-corrected chi connectivity index (χ0v) is 13.8. The van der Waals surface area contributed by atoms with Crippen LogP contribution in [0.3, 0.4) is 0 Å². The molecule has 0 rings (SSSR count). The lowest BCUT2D eigenvalue weighted by Crippen LogP contribution is -2.37. The average molecular weight is 359 g/mol. The molecule has 0 aliphatic carbocycles. The third-order valence-electron chi connectivity index (χ3n) is 2.42. The standard InChI is InChI=1S/C13H27BrO6/c1-13(11-14,12-19-5-2-3-15)20-10-9-18-8-7-17-6-4-16/h15-16H,2-12H2,1H3. The molecular weight excluding hydrogens is 332 g/mol. The molecule has 0 bridgehead atoms. The van der Waals surface area contributed by atoms with Gasteiger partial charge in [0, 0.05) is 18.5 Å². The summed E-state index contributed by atoms with van der Waals surface area (Å²) in [6, 6.07) is 0. The van der Waals surface area contributed by atoms with Gasteiger partial charge in [-0.3, -0.25) is 0 Å². The van der Waals surface area contributed by atoms with Crippen molar-refractivity contribution in [1.29, 1.82) is 0 Å². The molecule has 1 unspecified atom stereocenters. The Hall–Kier alpha value is 0.240.